The minimum Gasteiger partial charge on any atom is -0.766 e. The van der Waals surface area contributed by atoms with E-state index in [4.69, 9.17) is 80.3 Å². The van der Waals surface area contributed by atoms with Crippen LogP contribution in [-0.4, -0.2) is 173 Å². The Hall–Kier alpha value is -11.9. The second-order valence-electron chi connectivity index (χ2n) is 33.7. The third-order valence-electron chi connectivity index (χ3n) is 23.1. The molecule has 4 aliphatic rings. The zero-order chi connectivity index (χ0) is 98.5. The number of aliphatic imine (C=N–C) groups is 4. The fraction of sp³-hybridized carbons (Fsp3) is 0.292. The number of esters is 1. The standard InChI is InChI=1S/C25H29ClN4O3S.C24H24ClN7OS.C24H21ClN6O4S2.C23H21ClN8OS.Na/c1-14-15(2)34-24-21(14)22(16-7-9-17(26)10-8-16)27-18(13-20(31)33-25(3,4)5)23-29-28-19(30(23)24)11-12-32-6;1-13-14(2)34-24-21(13)22(16-4-6-17(25)7-5-16)29-18(23-31-30-15(3)32(23)24)12-20(33)28-9-8-19-26-10-11-27-19;1-12-13(2)36-24-21(12)22(15-4-6-16(25)7-5-15)27-18(23-30-28-14(3)31(23)24)10-19(32)29-26-11-17-8-9-20(35-17)37(33)34;1-12-13(2)34-23-20(12)21(15-4-6-16(24)7-5-15)28-17(22-31-29-14(3)32(22)23)10-19(33)30-27-11-18-25-8-9-26-18;/h7-10,18H,11-13H2,1-6H3;4-7,10-11,18H,8-9,12H2,1-3H3,(H,26,27)(H,28,33);4-9,11,18H,10H2,1-3H3,(H,29,32)(H,33,34);4-9,11,17H,10H2,1-3H3,(H,25,26)(H,30,33);/q;;;;+1/p-1/b;;26-11+;27-11+;/t3*18-;17-;/m0000./s1. The number of imidazole rings is 2. The smallest absolute Gasteiger partial charge is 0.766 e. The van der Waals surface area contributed by atoms with Gasteiger partial charge in [0.25, 0.3) is 0 Å². The number of aromatic nitrogens is 16. The van der Waals surface area contributed by atoms with Crippen molar-refractivity contribution < 1.29 is 71.4 Å². The van der Waals surface area contributed by atoms with E-state index in [1.165, 1.54) is 39.2 Å². The van der Waals surface area contributed by atoms with Gasteiger partial charge in [0.1, 0.15) is 90.5 Å². The molecule has 15 aromatic rings. The average molecular weight is 2070 g/mol. The molecule has 3 amide bonds. The number of fused-ring (bicyclic) bond motifs is 12. The van der Waals surface area contributed by atoms with Gasteiger partial charge in [-0.05, 0) is 180 Å². The van der Waals surface area contributed by atoms with Crippen LogP contribution in [0.3, 0.4) is 0 Å². The van der Waals surface area contributed by atoms with Crippen LogP contribution < -0.4 is 45.7 Å². The van der Waals surface area contributed by atoms with E-state index in [9.17, 15) is 27.9 Å². The SMILES string of the molecule is COCCc1nnc2n1-c1sc(C)c(C)c1C(c1ccc(Cl)cc1)=N[C@H]2CC(=O)OC(C)(C)C.Cc1sc2c(c1C)C(c1ccc(Cl)cc1)=N[C@@H](CC(=O)N/N=C/c1ccc(S(=O)[O-])o1)c1nnc(C)n1-2.Cc1sc2c(c1C)C(c1ccc(Cl)cc1)=N[C@@H](CC(=O)N/N=C/c1ncc[nH]1)c1nnc(C)n1-2.Cc1sc2c(c1C)C(c1ccc(Cl)cc1)=N[C@@H](CC(=O)NCCc1ncc[nH]1)c1nnc(C)n1-2.[Na+]. The third-order valence-corrected chi connectivity index (χ3v) is 29.4. The quantitative estimate of drug-likeness (QED) is 0.0130. The van der Waals surface area contributed by atoms with Crippen molar-refractivity contribution in [2.24, 2.45) is 30.2 Å². The maximum Gasteiger partial charge on any atom is 1.00 e. The Kier molecular flexibility index (Phi) is 32.6. The van der Waals surface area contributed by atoms with Gasteiger partial charge < -0.3 is 33.7 Å². The fourth-order valence-electron chi connectivity index (χ4n) is 16.0. The van der Waals surface area contributed by atoms with E-state index in [1.807, 2.05) is 152 Å². The number of benzene rings is 4. The summed E-state index contributed by atoms with van der Waals surface area (Å²) in [5.74, 6) is 5.89. The molecule has 15 heterocycles. The van der Waals surface area contributed by atoms with Crippen molar-refractivity contribution in [3.63, 3.8) is 0 Å². The van der Waals surface area contributed by atoms with E-state index in [0.717, 1.165) is 138 Å². The van der Waals surface area contributed by atoms with Crippen molar-refractivity contribution in [3.8, 4) is 20.0 Å². The van der Waals surface area contributed by atoms with Crippen LogP contribution >= 0.6 is 91.8 Å². The molecular weight excluding hydrogens is 1970 g/mol. The molecule has 44 heteroatoms. The average Bonchev–Trinajstić information content (AvgIpc) is 1.61. The zero-order valence-corrected chi connectivity index (χ0v) is 88.1. The van der Waals surface area contributed by atoms with Crippen molar-refractivity contribution in [2.45, 2.75) is 170 Å². The molecule has 4 aromatic carbocycles. The first-order valence-electron chi connectivity index (χ1n) is 43.9. The monoisotopic (exact) mass is 2060 g/mol. The number of carbonyl (C=O) groups is 4. The molecular formula is C96H94Cl4N25NaO9S5. The van der Waals surface area contributed by atoms with Crippen molar-refractivity contribution in [1.82, 2.24) is 95.2 Å². The number of ether oxygens (including phenoxy) is 2. The number of thiophene rings is 4. The Bertz CT molecular complexity index is 7340. The summed E-state index contributed by atoms with van der Waals surface area (Å²) in [7, 11) is 1.66. The van der Waals surface area contributed by atoms with E-state index in [-0.39, 0.29) is 83.9 Å². The molecule has 0 saturated carbocycles. The molecule has 19 rings (SSSR count). The zero-order valence-electron chi connectivity index (χ0n) is 79.0. The van der Waals surface area contributed by atoms with Crippen molar-refractivity contribution in [2.75, 3.05) is 20.3 Å². The number of amides is 3. The molecule has 0 bridgehead atoms. The fourth-order valence-corrected chi connectivity index (χ4v) is 21.6. The minimum atomic E-state index is -2.49. The van der Waals surface area contributed by atoms with Crippen LogP contribution in [0.5, 0.6) is 0 Å². The topological polar surface area (TPSA) is 430 Å². The van der Waals surface area contributed by atoms with Gasteiger partial charge in [0.05, 0.1) is 67.6 Å². The molecule has 1 unspecified atom stereocenters. The Morgan fingerprint density at radius 1 is 0.479 bits per heavy atom. The van der Waals surface area contributed by atoms with Crippen LogP contribution in [0.1, 0.15) is 221 Å². The molecule has 140 heavy (non-hydrogen) atoms. The molecule has 0 saturated heterocycles. The molecule has 0 radical (unpaired) electrons. The van der Waals surface area contributed by atoms with Crippen LogP contribution in [-0.2, 0) is 52.6 Å². The van der Waals surface area contributed by atoms with E-state index >= 15 is 0 Å². The molecule has 11 aromatic heterocycles. The second-order valence-corrected chi connectivity index (χ2v) is 41.2. The van der Waals surface area contributed by atoms with Crippen molar-refractivity contribution >= 4 is 162 Å². The number of aryl methyl sites for hydroxylation is 7. The summed E-state index contributed by atoms with van der Waals surface area (Å²) in [6.07, 6.45) is 10.9. The van der Waals surface area contributed by atoms with Gasteiger partial charge in [0.15, 0.2) is 28.4 Å². The van der Waals surface area contributed by atoms with E-state index in [0.29, 0.717) is 81.0 Å². The first kappa shape index (κ1) is 102. The number of halogens is 4. The summed E-state index contributed by atoms with van der Waals surface area (Å²) in [4.78, 5) is 90.7. The number of rotatable bonds is 23. The Labute approximate surface area is 865 Å². The Morgan fingerprint density at radius 3 is 1.21 bits per heavy atom. The van der Waals surface area contributed by atoms with Gasteiger partial charge in [-0.1, -0.05) is 94.9 Å². The van der Waals surface area contributed by atoms with Crippen LogP contribution in [0, 0.1) is 76.2 Å². The van der Waals surface area contributed by atoms with E-state index in [2.05, 4.69) is 147 Å². The van der Waals surface area contributed by atoms with Gasteiger partial charge in [-0.2, -0.15) is 10.2 Å². The van der Waals surface area contributed by atoms with Gasteiger partial charge in [-0.3, -0.25) is 61.6 Å². The number of hydrogen-bond donors (Lipinski definition) is 5. The van der Waals surface area contributed by atoms with Gasteiger partial charge >= 0.3 is 35.5 Å². The number of hydrogen-bond acceptors (Lipinski definition) is 29. The Balaban J connectivity index is 0.000000141. The van der Waals surface area contributed by atoms with Gasteiger partial charge in [-0.25, -0.2) is 20.8 Å². The first-order valence-corrected chi connectivity index (χ1v) is 49.8. The van der Waals surface area contributed by atoms with Crippen LogP contribution in [0.4, 0.5) is 0 Å². The predicted molar refractivity (Wildman–Crippen MR) is 540 cm³/mol. The normalized spacial score (nSPS) is 15.1. The second kappa shape index (κ2) is 44.5. The van der Waals surface area contributed by atoms with Crippen LogP contribution in [0.2, 0.25) is 20.1 Å². The van der Waals surface area contributed by atoms with Gasteiger partial charge in [0.2, 0.25) is 17.7 Å². The van der Waals surface area contributed by atoms with Crippen molar-refractivity contribution in [3.05, 3.63) is 304 Å². The number of furan rings is 1. The molecule has 0 aliphatic carbocycles. The van der Waals surface area contributed by atoms with Crippen molar-refractivity contribution in [1.29, 1.82) is 0 Å². The number of H-pyrrole nitrogens is 2. The van der Waals surface area contributed by atoms with Crippen LogP contribution in [0.25, 0.3) is 20.0 Å². The van der Waals surface area contributed by atoms with E-state index < -0.39 is 46.8 Å². The molecule has 4 aliphatic heterocycles. The predicted octanol–water partition coefficient (Wildman–Crippen LogP) is 14.9. The summed E-state index contributed by atoms with van der Waals surface area (Å²) in [6.45, 7) is 29.0. The number of nitrogens with zero attached hydrogens (tertiary/aromatic N) is 20. The molecule has 716 valence electrons. The Morgan fingerprint density at radius 2 is 0.843 bits per heavy atom. The summed E-state index contributed by atoms with van der Waals surface area (Å²) in [5, 5.41) is 52.3. The summed E-state index contributed by atoms with van der Waals surface area (Å²) < 4.78 is 46.0. The number of nitrogens with one attached hydrogen (secondary N) is 5. The third kappa shape index (κ3) is 22.8. The molecule has 34 nitrogen and oxygen atoms in total. The van der Waals surface area contributed by atoms with E-state index in [1.54, 1.807) is 77.2 Å². The van der Waals surface area contributed by atoms with Gasteiger partial charge in [-0.15, -0.1) is 86.1 Å². The number of aromatic amines is 2. The number of hydrazone groups is 2. The summed E-state index contributed by atoms with van der Waals surface area (Å²) >= 11 is 28.8. The summed E-state index contributed by atoms with van der Waals surface area (Å²) in [6, 6.07) is 30.8. The number of carbonyl (C=O) groups excluding carboxylic acids is 4. The van der Waals surface area contributed by atoms with Crippen LogP contribution in [0.15, 0.2) is 174 Å². The number of methoxy groups -OCH3 is 1. The molecule has 5 N–H and O–H groups in total. The maximum absolute atomic E-state index is 12.9. The first-order chi connectivity index (χ1) is 66.6. The largest absolute Gasteiger partial charge is 1.00 e. The molecule has 5 atom stereocenters. The van der Waals surface area contributed by atoms with Gasteiger partial charge in [0, 0.05) is 146 Å². The molecule has 0 fully saturated rings. The summed E-state index contributed by atoms with van der Waals surface area (Å²) in [5.41, 5.74) is 19.9. The minimum absolute atomic E-state index is 0. The molecule has 0 spiro atoms. The maximum atomic E-state index is 12.9.